The van der Waals surface area contributed by atoms with E-state index in [1.54, 1.807) is 7.11 Å². The summed E-state index contributed by atoms with van der Waals surface area (Å²) in [5.41, 5.74) is 2.44. The fourth-order valence-corrected chi connectivity index (χ4v) is 10.0. The molecule has 160 valence electrons. The predicted octanol–water partition coefficient (Wildman–Crippen LogP) is 5.61. The van der Waals surface area contributed by atoms with Crippen molar-refractivity contribution >= 4 is 14.6 Å². The molecule has 0 bridgehead atoms. The minimum absolute atomic E-state index is 0.271. The van der Waals surface area contributed by atoms with Gasteiger partial charge in [-0.25, -0.2) is 0 Å². The Bertz CT molecular complexity index is 537. The van der Waals surface area contributed by atoms with Gasteiger partial charge in [0.2, 0.25) is 8.32 Å². The van der Waals surface area contributed by atoms with E-state index in [0.29, 0.717) is 29.8 Å². The molecule has 0 saturated heterocycles. The maximum absolute atomic E-state index is 11.7. The quantitative estimate of drug-likeness (QED) is 0.314. The van der Waals surface area contributed by atoms with Gasteiger partial charge < -0.3 is 18.7 Å². The van der Waals surface area contributed by atoms with Crippen molar-refractivity contribution in [2.75, 3.05) is 13.7 Å². The van der Waals surface area contributed by atoms with Crippen LogP contribution in [0.3, 0.4) is 0 Å². The highest BCUT2D eigenvalue weighted by Crippen LogP contribution is 2.43. The number of rotatable bonds is 13. The Morgan fingerprint density at radius 1 is 0.929 bits per heavy atom. The summed E-state index contributed by atoms with van der Waals surface area (Å²) in [6.07, 6.45) is 0.346. The second-order valence-corrected chi connectivity index (χ2v) is 14.1. The number of methoxy groups -OCH3 is 1. The molecule has 5 heteroatoms. The normalized spacial score (nSPS) is 15.8. The Balaban J connectivity index is 3.16. The molecule has 0 aliphatic heterocycles. The largest absolute Gasteiger partial charge is 0.408 e. The Kier molecular flexibility index (Phi) is 10.6. The molecule has 0 radical (unpaired) electrons. The van der Waals surface area contributed by atoms with Crippen molar-refractivity contribution in [3.8, 4) is 0 Å². The molecule has 0 unspecified atom stereocenters. The van der Waals surface area contributed by atoms with Gasteiger partial charge in [0.15, 0.2) is 0 Å². The predicted molar refractivity (Wildman–Crippen MR) is 118 cm³/mol. The van der Waals surface area contributed by atoms with Gasteiger partial charge in [-0.2, -0.15) is 0 Å². The minimum Gasteiger partial charge on any atom is -0.408 e. The van der Waals surface area contributed by atoms with E-state index in [2.05, 4.69) is 41.5 Å². The van der Waals surface area contributed by atoms with Gasteiger partial charge in [0.05, 0.1) is 25.4 Å². The first-order valence-corrected chi connectivity index (χ1v) is 12.6. The van der Waals surface area contributed by atoms with Gasteiger partial charge in [0.25, 0.3) is 0 Å². The smallest absolute Gasteiger partial charge is 0.201 e. The zero-order chi connectivity index (χ0) is 21.3. The molecule has 3 atom stereocenters. The third-order valence-electron chi connectivity index (χ3n) is 5.78. The molecule has 0 saturated carbocycles. The monoisotopic (exact) mass is 408 g/mol. The third-order valence-corrected chi connectivity index (χ3v) is 11.9. The maximum Gasteiger partial charge on any atom is 0.201 e. The summed E-state index contributed by atoms with van der Waals surface area (Å²) in [5.74, 6) is -0.276. The highest BCUT2D eigenvalue weighted by Gasteiger charge is 2.48. The average Bonchev–Trinajstić information content (AvgIpc) is 2.65. The molecule has 4 nitrogen and oxygen atoms in total. The van der Waals surface area contributed by atoms with E-state index in [4.69, 9.17) is 13.9 Å². The number of benzene rings is 1. The maximum atomic E-state index is 11.7. The Labute approximate surface area is 173 Å². The molecule has 1 aromatic rings. The molecule has 0 spiro atoms. The molecular formula is C23H40O4Si. The number of hydrogen-bond donors (Lipinski definition) is 0. The van der Waals surface area contributed by atoms with Crippen molar-refractivity contribution in [1.82, 2.24) is 0 Å². The lowest BCUT2D eigenvalue weighted by molar-refractivity contribution is -0.125. The van der Waals surface area contributed by atoms with Crippen LogP contribution in [0.2, 0.25) is 16.6 Å². The Morgan fingerprint density at radius 2 is 1.46 bits per heavy atom. The van der Waals surface area contributed by atoms with Crippen LogP contribution < -0.4 is 0 Å². The van der Waals surface area contributed by atoms with Crippen LogP contribution in [-0.4, -0.2) is 40.5 Å². The van der Waals surface area contributed by atoms with Gasteiger partial charge in [0.1, 0.15) is 6.29 Å². The summed E-state index contributed by atoms with van der Waals surface area (Å²) in [4.78, 5) is 11.7. The number of carbonyl (C=O) groups excluding carboxylic acids is 1. The van der Waals surface area contributed by atoms with Crippen LogP contribution >= 0.6 is 0 Å². The molecular weight excluding hydrogens is 368 g/mol. The molecule has 0 N–H and O–H groups in total. The number of ether oxygens (including phenoxy) is 2. The average molecular weight is 409 g/mol. The third kappa shape index (κ3) is 6.24. The number of hydrogen-bond acceptors (Lipinski definition) is 4. The van der Waals surface area contributed by atoms with Crippen LogP contribution in [0.25, 0.3) is 0 Å². The molecule has 0 amide bonds. The molecule has 1 aromatic carbocycles. The molecule has 0 aromatic heterocycles. The van der Waals surface area contributed by atoms with E-state index in [1.807, 2.05) is 37.3 Å². The second kappa shape index (κ2) is 11.9. The molecule has 0 fully saturated rings. The Hall–Kier alpha value is -1.01. The van der Waals surface area contributed by atoms with Gasteiger partial charge in [-0.1, -0.05) is 78.8 Å². The number of carbonyl (C=O) groups is 1. The Morgan fingerprint density at radius 3 is 1.89 bits per heavy atom. The summed E-state index contributed by atoms with van der Waals surface area (Å²) in [6.45, 7) is 16.3. The lowest BCUT2D eigenvalue weighted by Gasteiger charge is -2.46. The van der Waals surface area contributed by atoms with E-state index in [-0.39, 0.29) is 18.1 Å². The molecule has 0 heterocycles. The van der Waals surface area contributed by atoms with E-state index in [9.17, 15) is 4.79 Å². The summed E-state index contributed by atoms with van der Waals surface area (Å²) < 4.78 is 18.8. The van der Waals surface area contributed by atoms with Gasteiger partial charge >= 0.3 is 0 Å². The summed E-state index contributed by atoms with van der Waals surface area (Å²) in [7, 11) is -0.453. The van der Waals surface area contributed by atoms with Crippen LogP contribution in [0.4, 0.5) is 0 Å². The van der Waals surface area contributed by atoms with Crippen LogP contribution in [0.15, 0.2) is 30.3 Å². The molecule has 0 aliphatic rings. The van der Waals surface area contributed by atoms with Crippen molar-refractivity contribution in [3.05, 3.63) is 35.9 Å². The summed E-state index contributed by atoms with van der Waals surface area (Å²) in [5, 5.41) is 0. The summed E-state index contributed by atoms with van der Waals surface area (Å²) in [6, 6.07) is 10.0. The highest BCUT2D eigenvalue weighted by atomic mass is 28.4. The fourth-order valence-electron chi connectivity index (χ4n) is 4.47. The molecule has 0 aliphatic carbocycles. The van der Waals surface area contributed by atoms with E-state index in [1.165, 1.54) is 0 Å². The van der Waals surface area contributed by atoms with E-state index < -0.39 is 8.32 Å². The minimum atomic E-state index is -2.13. The van der Waals surface area contributed by atoms with Gasteiger partial charge in [-0.15, -0.1) is 0 Å². The van der Waals surface area contributed by atoms with Crippen LogP contribution in [0, 0.1) is 5.92 Å². The van der Waals surface area contributed by atoms with Gasteiger partial charge in [-0.3, -0.25) is 0 Å². The van der Waals surface area contributed by atoms with Crippen molar-refractivity contribution < 1.29 is 18.7 Å². The van der Waals surface area contributed by atoms with E-state index >= 15 is 0 Å². The topological polar surface area (TPSA) is 44.8 Å². The zero-order valence-corrected chi connectivity index (χ0v) is 20.0. The SMILES string of the molecule is COC[C@H](O[Si](C(C)C)(C(C)C)C(C)C)[C@@H](OCc1ccccc1)[C@H](C)C=O. The highest BCUT2D eigenvalue weighted by molar-refractivity contribution is 6.77. The lowest BCUT2D eigenvalue weighted by Crippen LogP contribution is -2.54. The fraction of sp³-hybridized carbons (Fsp3) is 0.696. The van der Waals surface area contributed by atoms with Crippen LogP contribution in [0.5, 0.6) is 0 Å². The lowest BCUT2D eigenvalue weighted by atomic mass is 10.0. The first kappa shape index (κ1) is 25.0. The molecule has 28 heavy (non-hydrogen) atoms. The number of aldehydes is 1. The summed E-state index contributed by atoms with van der Waals surface area (Å²) >= 11 is 0. The van der Waals surface area contributed by atoms with Crippen molar-refractivity contribution in [1.29, 1.82) is 0 Å². The second-order valence-electron chi connectivity index (χ2n) is 8.69. The van der Waals surface area contributed by atoms with Crippen LogP contribution in [-0.2, 0) is 25.3 Å². The van der Waals surface area contributed by atoms with Crippen LogP contribution in [0.1, 0.15) is 54.0 Å². The van der Waals surface area contributed by atoms with Gasteiger partial charge in [0, 0.05) is 13.0 Å². The van der Waals surface area contributed by atoms with Crippen molar-refractivity contribution in [2.45, 2.75) is 83.9 Å². The van der Waals surface area contributed by atoms with E-state index in [0.717, 1.165) is 11.8 Å². The van der Waals surface area contributed by atoms with Crippen molar-refractivity contribution in [3.63, 3.8) is 0 Å². The first-order valence-electron chi connectivity index (χ1n) is 10.5. The standard InChI is InChI=1S/C23H40O4Si/c1-17(2)28(18(3)4,19(5)6)27-22(16-25-8)23(20(7)14-24)26-15-21-12-10-9-11-13-21/h9-14,17-20,22-23H,15-16H2,1-8H3/t20-,22+,23+/m1/s1. The van der Waals surface area contributed by atoms with Gasteiger partial charge in [-0.05, 0) is 22.2 Å². The first-order chi connectivity index (χ1) is 13.2. The zero-order valence-electron chi connectivity index (χ0n) is 19.0. The van der Waals surface area contributed by atoms with Crippen molar-refractivity contribution in [2.24, 2.45) is 5.92 Å². The molecule has 1 rings (SSSR count).